The number of nitrogens with zero attached hydrogens (tertiary/aromatic N) is 1. The molecule has 17 heavy (non-hydrogen) atoms. The number of carbonyl (C=O) groups excluding carboxylic acids is 1. The van der Waals surface area contributed by atoms with Gasteiger partial charge in [-0.05, 0) is 36.9 Å². The molecule has 0 unspecified atom stereocenters. The van der Waals surface area contributed by atoms with Crippen molar-refractivity contribution in [2.24, 2.45) is 5.10 Å². The summed E-state index contributed by atoms with van der Waals surface area (Å²) in [6.07, 6.45) is 3.13. The van der Waals surface area contributed by atoms with Crippen LogP contribution in [0.25, 0.3) is 0 Å². The lowest BCUT2D eigenvalue weighted by atomic mass is 10.2. The van der Waals surface area contributed by atoms with Crippen molar-refractivity contribution < 1.29 is 9.21 Å². The highest BCUT2D eigenvalue weighted by atomic mass is 32.1. The van der Waals surface area contributed by atoms with Crippen molar-refractivity contribution in [2.45, 2.75) is 13.8 Å². The van der Waals surface area contributed by atoms with E-state index in [4.69, 9.17) is 4.42 Å². The summed E-state index contributed by atoms with van der Waals surface area (Å²) in [5, 5.41) is 5.90. The molecule has 0 aliphatic rings. The number of rotatable bonds is 3. The van der Waals surface area contributed by atoms with Gasteiger partial charge in [-0.1, -0.05) is 0 Å². The van der Waals surface area contributed by atoms with Crippen LogP contribution in [0.4, 0.5) is 0 Å². The van der Waals surface area contributed by atoms with Gasteiger partial charge >= 0.3 is 0 Å². The first kappa shape index (κ1) is 11.6. The molecule has 0 fully saturated rings. The third-order valence-electron chi connectivity index (χ3n) is 2.35. The van der Waals surface area contributed by atoms with Crippen LogP contribution in [0.1, 0.15) is 26.6 Å². The van der Waals surface area contributed by atoms with Crippen LogP contribution in [0, 0.1) is 13.8 Å². The van der Waals surface area contributed by atoms with E-state index >= 15 is 0 Å². The first-order chi connectivity index (χ1) is 8.18. The minimum absolute atomic E-state index is 0.262. The first-order valence-corrected chi connectivity index (χ1v) is 5.98. The molecule has 0 atom stereocenters. The molecule has 1 N–H and O–H groups in total. The van der Waals surface area contributed by atoms with E-state index in [1.54, 1.807) is 30.5 Å². The second-order valence-electron chi connectivity index (χ2n) is 3.56. The normalized spacial score (nSPS) is 10.9. The molecule has 0 spiro atoms. The number of thiophene rings is 1. The van der Waals surface area contributed by atoms with E-state index in [1.807, 2.05) is 18.4 Å². The summed E-state index contributed by atoms with van der Waals surface area (Å²) in [6, 6.07) is 3.63. The van der Waals surface area contributed by atoms with Crippen LogP contribution >= 0.6 is 11.3 Å². The van der Waals surface area contributed by atoms with Gasteiger partial charge in [-0.3, -0.25) is 4.79 Å². The maximum absolute atomic E-state index is 11.7. The Bertz CT molecular complexity index is 554. The molecule has 5 heteroatoms. The Balaban J connectivity index is 2.00. The summed E-state index contributed by atoms with van der Waals surface area (Å²) in [4.78, 5) is 12.7. The van der Waals surface area contributed by atoms with E-state index in [2.05, 4.69) is 10.5 Å². The fourth-order valence-electron chi connectivity index (χ4n) is 1.35. The Morgan fingerprint density at radius 1 is 1.47 bits per heavy atom. The maximum atomic E-state index is 11.7. The molecule has 2 aromatic heterocycles. The van der Waals surface area contributed by atoms with Crippen LogP contribution in [0.5, 0.6) is 0 Å². The zero-order valence-corrected chi connectivity index (χ0v) is 10.4. The fourth-order valence-corrected chi connectivity index (χ4v) is 2.13. The SMILES string of the molecule is Cc1ccsc1C=NNC(=O)c1ccoc1C. The number of aryl methyl sites for hydroxylation is 2. The van der Waals surface area contributed by atoms with E-state index in [0.717, 1.165) is 10.4 Å². The van der Waals surface area contributed by atoms with Gasteiger partial charge in [-0.25, -0.2) is 5.43 Å². The molecule has 0 aromatic carbocycles. The Morgan fingerprint density at radius 2 is 2.29 bits per heavy atom. The molecule has 0 bridgehead atoms. The van der Waals surface area contributed by atoms with Crippen molar-refractivity contribution in [1.82, 2.24) is 5.43 Å². The van der Waals surface area contributed by atoms with Crippen LogP contribution in [0.2, 0.25) is 0 Å². The molecule has 88 valence electrons. The smallest absolute Gasteiger partial charge is 0.274 e. The average molecular weight is 248 g/mol. The molecule has 4 nitrogen and oxygen atoms in total. The summed E-state index contributed by atoms with van der Waals surface area (Å²) in [7, 11) is 0. The van der Waals surface area contributed by atoms with Crippen molar-refractivity contribution in [3.05, 3.63) is 45.5 Å². The summed E-state index contributed by atoms with van der Waals surface area (Å²) < 4.78 is 5.05. The quantitative estimate of drug-likeness (QED) is 0.670. The minimum atomic E-state index is -0.262. The second kappa shape index (κ2) is 4.97. The maximum Gasteiger partial charge on any atom is 0.274 e. The Morgan fingerprint density at radius 3 is 2.88 bits per heavy atom. The average Bonchev–Trinajstić information content (AvgIpc) is 2.88. The van der Waals surface area contributed by atoms with Gasteiger partial charge in [0, 0.05) is 4.88 Å². The summed E-state index contributed by atoms with van der Waals surface area (Å²) in [5.41, 5.74) is 4.12. The van der Waals surface area contributed by atoms with E-state index in [-0.39, 0.29) is 5.91 Å². The molecule has 0 aliphatic carbocycles. The molecular formula is C12H12N2O2S. The largest absolute Gasteiger partial charge is 0.469 e. The summed E-state index contributed by atoms with van der Waals surface area (Å²) in [6.45, 7) is 3.74. The van der Waals surface area contributed by atoms with Gasteiger partial charge in [-0.15, -0.1) is 11.3 Å². The first-order valence-electron chi connectivity index (χ1n) is 5.10. The second-order valence-corrected chi connectivity index (χ2v) is 4.51. The number of nitrogens with one attached hydrogen (secondary N) is 1. The molecule has 2 rings (SSSR count). The van der Waals surface area contributed by atoms with Crippen molar-refractivity contribution in [1.29, 1.82) is 0 Å². The predicted molar refractivity (Wildman–Crippen MR) is 67.6 cm³/mol. The lowest BCUT2D eigenvalue weighted by Crippen LogP contribution is -2.17. The number of hydrazone groups is 1. The molecule has 1 amide bonds. The van der Waals surface area contributed by atoms with Crippen molar-refractivity contribution >= 4 is 23.5 Å². The van der Waals surface area contributed by atoms with Crippen LogP contribution in [-0.2, 0) is 0 Å². The molecule has 2 aromatic rings. The van der Waals surface area contributed by atoms with Crippen LogP contribution in [-0.4, -0.2) is 12.1 Å². The number of amides is 1. The minimum Gasteiger partial charge on any atom is -0.469 e. The third-order valence-corrected chi connectivity index (χ3v) is 3.31. The molecule has 2 heterocycles. The van der Waals surface area contributed by atoms with E-state index in [9.17, 15) is 4.79 Å². The Hall–Kier alpha value is -1.88. The summed E-state index contributed by atoms with van der Waals surface area (Å²) >= 11 is 1.58. The highest BCUT2D eigenvalue weighted by Crippen LogP contribution is 2.12. The van der Waals surface area contributed by atoms with Crippen molar-refractivity contribution in [3.63, 3.8) is 0 Å². The van der Waals surface area contributed by atoms with Crippen molar-refractivity contribution in [2.75, 3.05) is 0 Å². The van der Waals surface area contributed by atoms with Gasteiger partial charge in [0.2, 0.25) is 0 Å². The topological polar surface area (TPSA) is 54.6 Å². The highest BCUT2D eigenvalue weighted by molar-refractivity contribution is 7.11. The van der Waals surface area contributed by atoms with Crippen LogP contribution in [0.15, 0.2) is 33.3 Å². The molecule has 0 radical (unpaired) electrons. The van der Waals surface area contributed by atoms with Gasteiger partial charge in [-0.2, -0.15) is 5.10 Å². The monoisotopic (exact) mass is 248 g/mol. The van der Waals surface area contributed by atoms with Gasteiger partial charge in [0.05, 0.1) is 18.0 Å². The van der Waals surface area contributed by atoms with Gasteiger partial charge in [0.15, 0.2) is 0 Å². The van der Waals surface area contributed by atoms with Crippen LogP contribution < -0.4 is 5.43 Å². The van der Waals surface area contributed by atoms with E-state index in [1.165, 1.54) is 6.26 Å². The van der Waals surface area contributed by atoms with Crippen LogP contribution in [0.3, 0.4) is 0 Å². The number of hydrogen-bond acceptors (Lipinski definition) is 4. The van der Waals surface area contributed by atoms with Crippen molar-refractivity contribution in [3.8, 4) is 0 Å². The standard InChI is InChI=1S/C12H12N2O2S/c1-8-4-6-17-11(8)7-13-14-12(15)10-3-5-16-9(10)2/h3-7H,1-2H3,(H,14,15). The number of hydrogen-bond donors (Lipinski definition) is 1. The zero-order chi connectivity index (χ0) is 12.3. The lowest BCUT2D eigenvalue weighted by molar-refractivity contribution is 0.0953. The summed E-state index contributed by atoms with van der Waals surface area (Å²) in [5.74, 6) is 0.326. The number of furan rings is 1. The third kappa shape index (κ3) is 2.62. The highest BCUT2D eigenvalue weighted by Gasteiger charge is 2.09. The molecule has 0 saturated carbocycles. The fraction of sp³-hybridized carbons (Fsp3) is 0.167. The van der Waals surface area contributed by atoms with E-state index in [0.29, 0.717) is 11.3 Å². The molecule has 0 saturated heterocycles. The Labute approximate surface area is 103 Å². The predicted octanol–water partition coefficient (Wildman–Crippen LogP) is 2.72. The lowest BCUT2D eigenvalue weighted by Gasteiger charge is -1.96. The molecule has 0 aliphatic heterocycles. The van der Waals surface area contributed by atoms with Gasteiger partial charge < -0.3 is 4.42 Å². The molecular weight excluding hydrogens is 236 g/mol. The van der Waals surface area contributed by atoms with Gasteiger partial charge in [0.1, 0.15) is 5.76 Å². The zero-order valence-electron chi connectivity index (χ0n) is 9.56. The number of carbonyl (C=O) groups is 1. The Kier molecular flexibility index (Phi) is 3.39. The van der Waals surface area contributed by atoms with Gasteiger partial charge in [0.25, 0.3) is 5.91 Å². The van der Waals surface area contributed by atoms with E-state index < -0.39 is 0 Å².